The Hall–Kier alpha value is -3.11. The smallest absolute Gasteiger partial charge is 0.255 e. The number of aliphatic hydroxyl groups excluding tert-OH is 1. The normalized spacial score (nSPS) is 15.6. The van der Waals surface area contributed by atoms with Gasteiger partial charge in [-0.25, -0.2) is 0 Å². The molecule has 1 amide bonds. The molecule has 0 aromatic heterocycles. The minimum atomic E-state index is -0.344. The minimum absolute atomic E-state index is 0.149. The fourth-order valence-corrected chi connectivity index (χ4v) is 3.70. The molecule has 0 saturated heterocycles. The molecule has 1 aliphatic carbocycles. The number of methoxy groups -OCH3 is 1. The molecule has 3 aromatic rings. The molecule has 1 unspecified atom stereocenters. The van der Waals surface area contributed by atoms with Crippen LogP contribution in [-0.2, 0) is 12.8 Å². The Balaban J connectivity index is 1.58. The summed E-state index contributed by atoms with van der Waals surface area (Å²) in [6, 6.07) is 21.3. The number of benzene rings is 3. The van der Waals surface area contributed by atoms with Crippen molar-refractivity contribution in [1.29, 1.82) is 0 Å². The lowest BCUT2D eigenvalue weighted by Gasteiger charge is -2.23. The number of carbonyl (C=O) groups excluding carboxylic acids is 1. The van der Waals surface area contributed by atoms with Crippen molar-refractivity contribution in [3.8, 4) is 16.9 Å². The molecule has 3 aromatic carbocycles. The summed E-state index contributed by atoms with van der Waals surface area (Å²) in [6.45, 7) is 0. The lowest BCUT2D eigenvalue weighted by atomic mass is 9.88. The molecule has 4 rings (SSSR count). The van der Waals surface area contributed by atoms with Crippen molar-refractivity contribution in [2.24, 2.45) is 0 Å². The fourth-order valence-electron chi connectivity index (χ4n) is 3.70. The van der Waals surface area contributed by atoms with Crippen molar-refractivity contribution in [3.63, 3.8) is 0 Å². The average molecular weight is 373 g/mol. The maximum absolute atomic E-state index is 12.9. The lowest BCUT2D eigenvalue weighted by molar-refractivity contribution is 0.102. The third-order valence-corrected chi connectivity index (χ3v) is 5.26. The van der Waals surface area contributed by atoms with E-state index in [-0.39, 0.29) is 12.0 Å². The molecule has 4 nitrogen and oxygen atoms in total. The molecule has 0 radical (unpaired) electrons. The first-order valence-electron chi connectivity index (χ1n) is 9.49. The van der Waals surface area contributed by atoms with Gasteiger partial charge < -0.3 is 15.2 Å². The van der Waals surface area contributed by atoms with Gasteiger partial charge in [-0.2, -0.15) is 0 Å². The first-order valence-corrected chi connectivity index (χ1v) is 9.49. The summed E-state index contributed by atoms with van der Waals surface area (Å²) in [7, 11) is 1.64. The van der Waals surface area contributed by atoms with Gasteiger partial charge in [0, 0.05) is 17.7 Å². The van der Waals surface area contributed by atoms with Crippen LogP contribution in [0, 0.1) is 0 Å². The van der Waals surface area contributed by atoms with Gasteiger partial charge in [0.05, 0.1) is 13.2 Å². The highest BCUT2D eigenvalue weighted by Gasteiger charge is 2.20. The maximum Gasteiger partial charge on any atom is 0.255 e. The fraction of sp³-hybridized carbons (Fsp3) is 0.208. The molecule has 1 aliphatic rings. The van der Waals surface area contributed by atoms with Crippen LogP contribution < -0.4 is 10.1 Å². The molecule has 2 N–H and O–H groups in total. The second-order valence-corrected chi connectivity index (χ2v) is 7.10. The molecule has 142 valence electrons. The average Bonchev–Trinajstić information content (AvgIpc) is 2.74. The van der Waals surface area contributed by atoms with Gasteiger partial charge in [0.1, 0.15) is 5.75 Å². The zero-order chi connectivity index (χ0) is 19.5. The number of fused-ring (bicyclic) bond motifs is 1. The summed E-state index contributed by atoms with van der Waals surface area (Å²) in [6.07, 6.45) is 1.85. The molecular formula is C24H23NO3. The largest absolute Gasteiger partial charge is 0.497 e. The van der Waals surface area contributed by atoms with E-state index in [1.54, 1.807) is 7.11 Å². The SMILES string of the molecule is COc1ccc(-c2cccc(C(=O)Nc3cccc4c3CC(O)CC4)c2)cc1. The van der Waals surface area contributed by atoms with E-state index >= 15 is 0 Å². The van der Waals surface area contributed by atoms with Crippen molar-refractivity contribution in [2.75, 3.05) is 12.4 Å². The van der Waals surface area contributed by atoms with E-state index in [9.17, 15) is 9.90 Å². The Kier molecular flexibility index (Phi) is 5.13. The first kappa shape index (κ1) is 18.3. The van der Waals surface area contributed by atoms with Gasteiger partial charge in [-0.3, -0.25) is 4.79 Å². The van der Waals surface area contributed by atoms with Gasteiger partial charge in [0.2, 0.25) is 0 Å². The zero-order valence-corrected chi connectivity index (χ0v) is 15.8. The van der Waals surface area contributed by atoms with Gasteiger partial charge >= 0.3 is 0 Å². The highest BCUT2D eigenvalue weighted by Crippen LogP contribution is 2.29. The van der Waals surface area contributed by atoms with Crippen LogP contribution in [0.25, 0.3) is 11.1 Å². The summed E-state index contributed by atoms with van der Waals surface area (Å²) < 4.78 is 5.20. The van der Waals surface area contributed by atoms with Gasteiger partial charge in [0.25, 0.3) is 5.91 Å². The molecule has 0 aliphatic heterocycles. The molecule has 1 atom stereocenters. The van der Waals surface area contributed by atoms with Gasteiger partial charge in [-0.15, -0.1) is 0 Å². The first-order chi connectivity index (χ1) is 13.6. The van der Waals surface area contributed by atoms with Crippen molar-refractivity contribution < 1.29 is 14.6 Å². The van der Waals surface area contributed by atoms with Crippen LogP contribution in [0.15, 0.2) is 66.7 Å². The minimum Gasteiger partial charge on any atom is -0.497 e. The summed E-state index contributed by atoms with van der Waals surface area (Å²) >= 11 is 0. The molecular weight excluding hydrogens is 350 g/mol. The van der Waals surface area contributed by atoms with E-state index in [4.69, 9.17) is 4.74 Å². The molecule has 0 fully saturated rings. The second-order valence-electron chi connectivity index (χ2n) is 7.10. The van der Waals surface area contributed by atoms with Crippen LogP contribution >= 0.6 is 0 Å². The number of aliphatic hydroxyl groups is 1. The number of rotatable bonds is 4. The summed E-state index contributed by atoms with van der Waals surface area (Å²) in [5.74, 6) is 0.650. The zero-order valence-electron chi connectivity index (χ0n) is 15.8. The summed E-state index contributed by atoms with van der Waals surface area (Å²) in [5.41, 5.74) is 5.63. The Bertz CT molecular complexity index is 995. The number of hydrogen-bond donors (Lipinski definition) is 2. The van der Waals surface area contributed by atoms with Crippen LogP contribution in [0.5, 0.6) is 5.75 Å². The molecule has 0 spiro atoms. The summed E-state index contributed by atoms with van der Waals surface area (Å²) in [4.78, 5) is 12.9. The van der Waals surface area contributed by atoms with Crippen LogP contribution in [0.4, 0.5) is 5.69 Å². The molecule has 0 bridgehead atoms. The van der Waals surface area contributed by atoms with E-state index < -0.39 is 0 Å². The Labute approximate surface area is 164 Å². The predicted octanol–water partition coefficient (Wildman–Crippen LogP) is 4.46. The number of hydrogen-bond acceptors (Lipinski definition) is 3. The summed E-state index contributed by atoms with van der Waals surface area (Å²) in [5, 5.41) is 13.0. The highest BCUT2D eigenvalue weighted by atomic mass is 16.5. The Morgan fingerprint density at radius 1 is 1.04 bits per heavy atom. The van der Waals surface area contributed by atoms with E-state index in [0.717, 1.165) is 41.0 Å². The van der Waals surface area contributed by atoms with Gasteiger partial charge in [-0.05, 0) is 65.4 Å². The molecule has 0 saturated carbocycles. The van der Waals surface area contributed by atoms with E-state index in [2.05, 4.69) is 11.4 Å². The van der Waals surface area contributed by atoms with Crippen molar-refractivity contribution in [2.45, 2.75) is 25.4 Å². The molecule has 4 heteroatoms. The number of anilines is 1. The van der Waals surface area contributed by atoms with E-state index in [1.165, 1.54) is 5.56 Å². The number of carbonyl (C=O) groups is 1. The third kappa shape index (κ3) is 3.78. The number of ether oxygens (including phenoxy) is 1. The van der Waals surface area contributed by atoms with Gasteiger partial charge in [-0.1, -0.05) is 36.4 Å². The number of nitrogens with one attached hydrogen (secondary N) is 1. The molecule has 28 heavy (non-hydrogen) atoms. The second kappa shape index (κ2) is 7.87. The lowest BCUT2D eigenvalue weighted by Crippen LogP contribution is -2.21. The third-order valence-electron chi connectivity index (χ3n) is 5.26. The van der Waals surface area contributed by atoms with Crippen LogP contribution in [-0.4, -0.2) is 24.2 Å². The standard InChI is InChI=1S/C24H23NO3/c1-28-21-12-9-16(10-13-21)18-5-2-6-19(14-18)24(27)25-23-7-3-4-17-8-11-20(26)15-22(17)23/h2-7,9-10,12-14,20,26H,8,11,15H2,1H3,(H,25,27). The van der Waals surface area contributed by atoms with E-state index in [1.807, 2.05) is 60.7 Å². The topological polar surface area (TPSA) is 58.6 Å². The van der Waals surface area contributed by atoms with Crippen molar-refractivity contribution in [1.82, 2.24) is 0 Å². The Morgan fingerprint density at radius 2 is 1.82 bits per heavy atom. The van der Waals surface area contributed by atoms with Crippen molar-refractivity contribution >= 4 is 11.6 Å². The van der Waals surface area contributed by atoms with Crippen LogP contribution in [0.1, 0.15) is 27.9 Å². The van der Waals surface area contributed by atoms with E-state index in [0.29, 0.717) is 12.0 Å². The van der Waals surface area contributed by atoms with Gasteiger partial charge in [0.15, 0.2) is 0 Å². The van der Waals surface area contributed by atoms with Crippen LogP contribution in [0.3, 0.4) is 0 Å². The maximum atomic E-state index is 12.9. The Morgan fingerprint density at radius 3 is 2.61 bits per heavy atom. The number of amides is 1. The van der Waals surface area contributed by atoms with Crippen LogP contribution in [0.2, 0.25) is 0 Å². The van der Waals surface area contributed by atoms with Crippen molar-refractivity contribution in [3.05, 3.63) is 83.4 Å². The monoisotopic (exact) mass is 373 g/mol. The quantitative estimate of drug-likeness (QED) is 0.710. The highest BCUT2D eigenvalue weighted by molar-refractivity contribution is 6.05. The predicted molar refractivity (Wildman–Crippen MR) is 111 cm³/mol. The number of aryl methyl sites for hydroxylation is 1. The molecule has 0 heterocycles.